The average molecular weight is 340 g/mol. The maximum absolute atomic E-state index is 12.3. The Hall–Kier alpha value is -2.40. The Balaban J connectivity index is 1.61. The highest BCUT2D eigenvalue weighted by molar-refractivity contribution is 7.09. The fourth-order valence-electron chi connectivity index (χ4n) is 2.66. The number of ether oxygens (including phenoxy) is 1. The first kappa shape index (κ1) is 16.5. The summed E-state index contributed by atoms with van der Waals surface area (Å²) in [6.45, 7) is 3.33. The zero-order chi connectivity index (χ0) is 16.9. The van der Waals surface area contributed by atoms with E-state index in [0.717, 1.165) is 29.4 Å². The van der Waals surface area contributed by atoms with Crippen molar-refractivity contribution >= 4 is 28.9 Å². The number of benzene rings is 1. The maximum Gasteiger partial charge on any atom is 0.246 e. The van der Waals surface area contributed by atoms with Crippen LogP contribution in [0.2, 0.25) is 0 Å². The van der Waals surface area contributed by atoms with E-state index in [1.807, 2.05) is 29.3 Å². The van der Waals surface area contributed by atoms with E-state index >= 15 is 0 Å². The fourth-order valence-corrected chi connectivity index (χ4v) is 3.24. The molecule has 0 saturated carbocycles. The third-order valence-electron chi connectivity index (χ3n) is 4.02. The second-order valence-electron chi connectivity index (χ2n) is 5.62. The molecule has 1 aromatic heterocycles. The van der Waals surface area contributed by atoms with Crippen LogP contribution in [0.4, 0.5) is 0 Å². The van der Waals surface area contributed by atoms with Crippen LogP contribution in [0.15, 0.2) is 41.8 Å². The quantitative estimate of drug-likeness (QED) is 0.795. The SMILES string of the molecule is COc1ccc(C2=CCN(C(=O)/C=C\c3csc(C)n3)CC2)cc1. The first-order chi connectivity index (χ1) is 11.7. The number of hydrogen-bond acceptors (Lipinski definition) is 4. The smallest absolute Gasteiger partial charge is 0.246 e. The second kappa shape index (κ2) is 7.45. The predicted octanol–water partition coefficient (Wildman–Crippen LogP) is 3.79. The lowest BCUT2D eigenvalue weighted by atomic mass is 9.99. The fraction of sp³-hybridized carbons (Fsp3) is 0.263. The van der Waals surface area contributed by atoms with Crippen LogP contribution >= 0.6 is 11.3 Å². The van der Waals surface area contributed by atoms with Gasteiger partial charge >= 0.3 is 0 Å². The van der Waals surface area contributed by atoms with Gasteiger partial charge in [0.05, 0.1) is 17.8 Å². The number of hydrogen-bond donors (Lipinski definition) is 0. The van der Waals surface area contributed by atoms with E-state index in [1.54, 1.807) is 30.6 Å². The van der Waals surface area contributed by atoms with Gasteiger partial charge in [-0.3, -0.25) is 4.79 Å². The number of aryl methyl sites for hydroxylation is 1. The van der Waals surface area contributed by atoms with Gasteiger partial charge in [0.1, 0.15) is 5.75 Å². The first-order valence-corrected chi connectivity index (χ1v) is 8.76. The molecule has 2 aromatic rings. The molecule has 1 aromatic carbocycles. The summed E-state index contributed by atoms with van der Waals surface area (Å²) in [6, 6.07) is 8.05. The van der Waals surface area contributed by atoms with Crippen molar-refractivity contribution in [2.24, 2.45) is 0 Å². The predicted molar refractivity (Wildman–Crippen MR) is 98.1 cm³/mol. The van der Waals surface area contributed by atoms with E-state index in [-0.39, 0.29) is 5.91 Å². The molecule has 124 valence electrons. The van der Waals surface area contributed by atoms with Crippen LogP contribution in [-0.2, 0) is 4.79 Å². The molecule has 0 saturated heterocycles. The van der Waals surface area contributed by atoms with Crippen LogP contribution in [-0.4, -0.2) is 36.0 Å². The molecule has 4 nitrogen and oxygen atoms in total. The maximum atomic E-state index is 12.3. The molecule has 0 aliphatic carbocycles. The molecule has 2 heterocycles. The van der Waals surface area contributed by atoms with Gasteiger partial charge in [-0.05, 0) is 42.7 Å². The molecule has 3 rings (SSSR count). The number of thiazole rings is 1. The standard InChI is InChI=1S/C19H20N2O2S/c1-14-20-17(13-24-14)5-8-19(22)21-11-9-16(10-12-21)15-3-6-18(23-2)7-4-15/h3-9,13H,10-12H2,1-2H3/b8-5-. The molecule has 1 aliphatic rings. The lowest BCUT2D eigenvalue weighted by Crippen LogP contribution is -2.33. The van der Waals surface area contributed by atoms with Crippen molar-refractivity contribution in [2.75, 3.05) is 20.2 Å². The van der Waals surface area contributed by atoms with Gasteiger partial charge in [-0.2, -0.15) is 0 Å². The number of amides is 1. The van der Waals surface area contributed by atoms with E-state index < -0.39 is 0 Å². The Morgan fingerprint density at radius 1 is 1.33 bits per heavy atom. The summed E-state index contributed by atoms with van der Waals surface area (Å²) in [7, 11) is 1.67. The van der Waals surface area contributed by atoms with Gasteiger partial charge in [0, 0.05) is 24.5 Å². The number of aromatic nitrogens is 1. The van der Waals surface area contributed by atoms with Crippen molar-refractivity contribution in [1.82, 2.24) is 9.88 Å². The van der Waals surface area contributed by atoms with Gasteiger partial charge in [-0.15, -0.1) is 11.3 Å². The van der Waals surface area contributed by atoms with E-state index in [2.05, 4.69) is 23.2 Å². The van der Waals surface area contributed by atoms with Crippen LogP contribution in [0.25, 0.3) is 11.6 Å². The van der Waals surface area contributed by atoms with Crippen molar-refractivity contribution in [2.45, 2.75) is 13.3 Å². The molecular formula is C19H20N2O2S. The largest absolute Gasteiger partial charge is 0.497 e. The van der Waals surface area contributed by atoms with Gasteiger partial charge in [-0.25, -0.2) is 4.98 Å². The molecule has 24 heavy (non-hydrogen) atoms. The van der Waals surface area contributed by atoms with Gasteiger partial charge in [0.2, 0.25) is 5.91 Å². The van der Waals surface area contributed by atoms with Gasteiger partial charge in [0.15, 0.2) is 0 Å². The Kier molecular flexibility index (Phi) is 5.11. The molecule has 0 atom stereocenters. The monoisotopic (exact) mass is 340 g/mol. The van der Waals surface area contributed by atoms with E-state index in [9.17, 15) is 4.79 Å². The van der Waals surface area contributed by atoms with Crippen LogP contribution in [0, 0.1) is 6.92 Å². The number of rotatable bonds is 4. The van der Waals surface area contributed by atoms with Gasteiger partial charge in [-0.1, -0.05) is 18.2 Å². The number of carbonyl (C=O) groups excluding carboxylic acids is 1. The molecule has 0 N–H and O–H groups in total. The summed E-state index contributed by atoms with van der Waals surface area (Å²) >= 11 is 1.59. The normalized spacial score (nSPS) is 14.8. The molecule has 0 bridgehead atoms. The molecule has 5 heteroatoms. The third-order valence-corrected chi connectivity index (χ3v) is 4.81. The summed E-state index contributed by atoms with van der Waals surface area (Å²) in [4.78, 5) is 18.5. The van der Waals surface area contributed by atoms with Crippen LogP contribution < -0.4 is 4.74 Å². The third kappa shape index (κ3) is 3.92. The molecule has 0 fully saturated rings. The molecule has 0 spiro atoms. The average Bonchev–Trinajstić information content (AvgIpc) is 3.05. The molecule has 0 unspecified atom stereocenters. The summed E-state index contributed by atoms with van der Waals surface area (Å²) in [6.07, 6.45) is 6.39. The Morgan fingerprint density at radius 3 is 2.71 bits per heavy atom. The Bertz CT molecular complexity index is 775. The Labute approximate surface area is 146 Å². The summed E-state index contributed by atoms with van der Waals surface area (Å²) in [5.74, 6) is 0.889. The number of methoxy groups -OCH3 is 1. The highest BCUT2D eigenvalue weighted by atomic mass is 32.1. The zero-order valence-corrected chi connectivity index (χ0v) is 14.7. The van der Waals surface area contributed by atoms with Crippen LogP contribution in [0.3, 0.4) is 0 Å². The summed E-state index contributed by atoms with van der Waals surface area (Å²) in [5.41, 5.74) is 3.31. The van der Waals surface area contributed by atoms with Crippen molar-refractivity contribution < 1.29 is 9.53 Å². The molecular weight excluding hydrogens is 320 g/mol. The van der Waals surface area contributed by atoms with Gasteiger partial charge in [0.25, 0.3) is 0 Å². The zero-order valence-electron chi connectivity index (χ0n) is 13.9. The molecule has 1 amide bonds. The minimum atomic E-state index is 0.0330. The summed E-state index contributed by atoms with van der Waals surface area (Å²) < 4.78 is 5.19. The lowest BCUT2D eigenvalue weighted by molar-refractivity contribution is -0.125. The van der Waals surface area contributed by atoms with Crippen LogP contribution in [0.5, 0.6) is 5.75 Å². The van der Waals surface area contributed by atoms with Crippen molar-refractivity contribution in [3.8, 4) is 5.75 Å². The van der Waals surface area contributed by atoms with Crippen LogP contribution in [0.1, 0.15) is 22.7 Å². The second-order valence-corrected chi connectivity index (χ2v) is 6.68. The topological polar surface area (TPSA) is 42.4 Å². The Morgan fingerprint density at radius 2 is 2.12 bits per heavy atom. The number of carbonyl (C=O) groups is 1. The highest BCUT2D eigenvalue weighted by Gasteiger charge is 2.16. The van der Waals surface area contributed by atoms with Gasteiger partial charge < -0.3 is 9.64 Å². The molecule has 0 radical (unpaired) electrons. The lowest BCUT2D eigenvalue weighted by Gasteiger charge is -2.25. The molecule has 1 aliphatic heterocycles. The van der Waals surface area contributed by atoms with Crippen molar-refractivity contribution in [1.29, 1.82) is 0 Å². The van der Waals surface area contributed by atoms with E-state index in [0.29, 0.717) is 6.54 Å². The van der Waals surface area contributed by atoms with E-state index in [4.69, 9.17) is 4.74 Å². The van der Waals surface area contributed by atoms with Crippen molar-refractivity contribution in [3.05, 3.63) is 58.1 Å². The van der Waals surface area contributed by atoms with Crippen molar-refractivity contribution in [3.63, 3.8) is 0 Å². The number of nitrogens with zero attached hydrogens (tertiary/aromatic N) is 2. The minimum Gasteiger partial charge on any atom is -0.497 e. The first-order valence-electron chi connectivity index (χ1n) is 7.88. The van der Waals surface area contributed by atoms with E-state index in [1.165, 1.54) is 11.1 Å². The summed E-state index contributed by atoms with van der Waals surface area (Å²) in [5, 5.41) is 2.96. The highest BCUT2D eigenvalue weighted by Crippen LogP contribution is 2.24. The minimum absolute atomic E-state index is 0.0330.